The van der Waals surface area contributed by atoms with Crippen LogP contribution in [0.4, 0.5) is 0 Å². The first kappa shape index (κ1) is 10.4. The largest absolute Gasteiger partial charge is 0.346 e. The van der Waals surface area contributed by atoms with E-state index >= 15 is 0 Å². The number of hydrogen-bond donors (Lipinski definition) is 0. The van der Waals surface area contributed by atoms with Gasteiger partial charge in [-0.2, -0.15) is 0 Å². The third kappa shape index (κ3) is 1.47. The molecule has 0 amide bonds. The molecule has 0 unspecified atom stereocenters. The van der Waals surface area contributed by atoms with Crippen molar-refractivity contribution in [3.05, 3.63) is 53.6 Å². The number of allylic oxidation sites excluding steroid dienone is 2. The molecule has 1 heterocycles. The second-order valence-corrected chi connectivity index (χ2v) is 4.11. The minimum Gasteiger partial charge on any atom is -0.346 e. The number of carbonyl (C=O) groups is 1. The molecule has 86 valence electrons. The maximum atomic E-state index is 11.5. The lowest BCUT2D eigenvalue weighted by molar-refractivity contribution is -0.159. The molecule has 1 aliphatic carbocycles. The van der Waals surface area contributed by atoms with Crippen molar-refractivity contribution in [2.45, 2.75) is 12.4 Å². The van der Waals surface area contributed by atoms with Crippen molar-refractivity contribution >= 4 is 11.4 Å². The van der Waals surface area contributed by atoms with Gasteiger partial charge in [-0.1, -0.05) is 24.3 Å². The maximum absolute atomic E-state index is 11.5. The van der Waals surface area contributed by atoms with Crippen molar-refractivity contribution in [2.24, 2.45) is 0 Å². The lowest BCUT2D eigenvalue weighted by atomic mass is 9.87. The molecule has 1 atom stereocenters. The highest BCUT2D eigenvalue weighted by molar-refractivity contribution is 6.08. The van der Waals surface area contributed by atoms with E-state index < -0.39 is 5.79 Å². The van der Waals surface area contributed by atoms with Gasteiger partial charge in [-0.15, -0.1) is 0 Å². The molecule has 17 heavy (non-hydrogen) atoms. The standard InChI is InChI=1S/C14H12O3/c1-16-14-7-6-11(15)8-13(14)12-5-3-2-4-10(12)9-17-14/h2-8H,9H2,1H3/t14-/m0/s1. The fourth-order valence-corrected chi connectivity index (χ4v) is 2.29. The van der Waals surface area contributed by atoms with Gasteiger partial charge in [-0.3, -0.25) is 4.79 Å². The van der Waals surface area contributed by atoms with E-state index in [1.807, 2.05) is 24.3 Å². The van der Waals surface area contributed by atoms with Crippen LogP contribution in [-0.4, -0.2) is 18.7 Å². The Bertz CT molecular complexity index is 542. The first-order valence-corrected chi connectivity index (χ1v) is 5.48. The molecule has 0 N–H and O–H groups in total. The van der Waals surface area contributed by atoms with Crippen LogP contribution in [0.1, 0.15) is 11.1 Å². The molecule has 0 fully saturated rings. The number of benzene rings is 1. The molecule has 0 spiro atoms. The number of rotatable bonds is 1. The molecule has 3 heteroatoms. The predicted molar refractivity (Wildman–Crippen MR) is 63.1 cm³/mol. The fraction of sp³-hybridized carbons (Fsp3) is 0.214. The van der Waals surface area contributed by atoms with Gasteiger partial charge in [0.25, 0.3) is 0 Å². The topological polar surface area (TPSA) is 35.5 Å². The smallest absolute Gasteiger partial charge is 0.216 e. The molecule has 0 radical (unpaired) electrons. The maximum Gasteiger partial charge on any atom is 0.216 e. The molecule has 0 saturated heterocycles. The second kappa shape index (κ2) is 3.65. The fourth-order valence-electron chi connectivity index (χ4n) is 2.29. The molecule has 1 aliphatic heterocycles. The van der Waals surface area contributed by atoms with E-state index in [-0.39, 0.29) is 5.78 Å². The molecule has 1 aromatic rings. The zero-order valence-corrected chi connectivity index (χ0v) is 9.47. The van der Waals surface area contributed by atoms with Gasteiger partial charge in [-0.05, 0) is 29.4 Å². The summed E-state index contributed by atoms with van der Waals surface area (Å²) in [6.07, 6.45) is 4.75. The minimum absolute atomic E-state index is 0.0343. The first-order chi connectivity index (χ1) is 8.25. The molecule has 0 aromatic heterocycles. The summed E-state index contributed by atoms with van der Waals surface area (Å²) >= 11 is 0. The molecule has 1 aromatic carbocycles. The summed E-state index contributed by atoms with van der Waals surface area (Å²) in [6, 6.07) is 7.90. The number of hydrogen-bond acceptors (Lipinski definition) is 3. The van der Waals surface area contributed by atoms with E-state index in [0.717, 1.165) is 16.7 Å². The lowest BCUT2D eigenvalue weighted by Crippen LogP contribution is -2.39. The first-order valence-electron chi connectivity index (χ1n) is 5.48. The second-order valence-electron chi connectivity index (χ2n) is 4.11. The molecule has 2 aliphatic rings. The van der Waals surface area contributed by atoms with Crippen molar-refractivity contribution < 1.29 is 14.3 Å². The van der Waals surface area contributed by atoms with Gasteiger partial charge in [0.1, 0.15) is 0 Å². The Balaban J connectivity index is 2.21. The summed E-state index contributed by atoms with van der Waals surface area (Å²) in [7, 11) is 1.59. The number of fused-ring (bicyclic) bond motifs is 3. The third-order valence-corrected chi connectivity index (χ3v) is 3.18. The van der Waals surface area contributed by atoms with Gasteiger partial charge in [0.05, 0.1) is 6.61 Å². The summed E-state index contributed by atoms with van der Waals surface area (Å²) in [4.78, 5) is 11.5. The van der Waals surface area contributed by atoms with E-state index in [9.17, 15) is 4.79 Å². The monoisotopic (exact) mass is 228 g/mol. The highest BCUT2D eigenvalue weighted by Gasteiger charge is 2.40. The summed E-state index contributed by atoms with van der Waals surface area (Å²) in [5.74, 6) is -0.935. The zero-order chi connectivity index (χ0) is 11.9. The average molecular weight is 228 g/mol. The molecule has 0 saturated carbocycles. The SMILES string of the molecule is CO[C@]12C=CC(=O)C=C1c1ccccc1CO2. The van der Waals surface area contributed by atoms with Gasteiger partial charge in [0.15, 0.2) is 5.78 Å². The van der Waals surface area contributed by atoms with E-state index in [2.05, 4.69) is 0 Å². The Morgan fingerprint density at radius 1 is 1.35 bits per heavy atom. The predicted octanol–water partition coefficient (Wildman–Crippen LogP) is 2.08. The van der Waals surface area contributed by atoms with Gasteiger partial charge >= 0.3 is 0 Å². The van der Waals surface area contributed by atoms with E-state index in [4.69, 9.17) is 9.47 Å². The van der Waals surface area contributed by atoms with Crippen molar-refractivity contribution in [1.82, 2.24) is 0 Å². The van der Waals surface area contributed by atoms with Crippen LogP contribution in [0.25, 0.3) is 5.57 Å². The van der Waals surface area contributed by atoms with Crippen LogP contribution in [-0.2, 0) is 20.9 Å². The van der Waals surface area contributed by atoms with Crippen LogP contribution in [0.2, 0.25) is 0 Å². The summed E-state index contributed by atoms with van der Waals surface area (Å²) in [6.45, 7) is 0.486. The van der Waals surface area contributed by atoms with Gasteiger partial charge in [-0.25, -0.2) is 0 Å². The average Bonchev–Trinajstić information content (AvgIpc) is 2.39. The van der Waals surface area contributed by atoms with Crippen molar-refractivity contribution in [2.75, 3.05) is 7.11 Å². The summed E-state index contributed by atoms with van der Waals surface area (Å²) in [5.41, 5.74) is 2.89. The molecular formula is C14H12O3. The Kier molecular flexibility index (Phi) is 2.24. The van der Waals surface area contributed by atoms with Gasteiger partial charge in [0.2, 0.25) is 5.79 Å². The normalized spacial score (nSPS) is 26.2. The zero-order valence-electron chi connectivity index (χ0n) is 9.47. The Morgan fingerprint density at radius 2 is 2.18 bits per heavy atom. The van der Waals surface area contributed by atoms with Crippen LogP contribution >= 0.6 is 0 Å². The Labute approximate surface area is 99.3 Å². The number of methoxy groups -OCH3 is 1. The van der Waals surface area contributed by atoms with Crippen LogP contribution in [0.3, 0.4) is 0 Å². The van der Waals surface area contributed by atoms with E-state index in [0.29, 0.717) is 6.61 Å². The molecule has 3 rings (SSSR count). The van der Waals surface area contributed by atoms with Crippen LogP contribution in [0, 0.1) is 0 Å². The number of ether oxygens (including phenoxy) is 2. The van der Waals surface area contributed by atoms with Crippen LogP contribution in [0.5, 0.6) is 0 Å². The van der Waals surface area contributed by atoms with E-state index in [1.165, 1.54) is 6.08 Å². The molecule has 3 nitrogen and oxygen atoms in total. The van der Waals surface area contributed by atoms with Crippen molar-refractivity contribution in [3.8, 4) is 0 Å². The molecular weight excluding hydrogens is 216 g/mol. The highest BCUT2D eigenvalue weighted by Crippen LogP contribution is 2.41. The molecule has 0 bridgehead atoms. The van der Waals surface area contributed by atoms with Gasteiger partial charge in [0, 0.05) is 12.7 Å². The number of ketones is 1. The number of carbonyl (C=O) groups excluding carboxylic acids is 1. The minimum atomic E-state index is -0.901. The Morgan fingerprint density at radius 3 is 3.00 bits per heavy atom. The highest BCUT2D eigenvalue weighted by atomic mass is 16.7. The van der Waals surface area contributed by atoms with E-state index in [1.54, 1.807) is 19.3 Å². The van der Waals surface area contributed by atoms with Crippen LogP contribution in [0.15, 0.2) is 42.5 Å². The van der Waals surface area contributed by atoms with Gasteiger partial charge < -0.3 is 9.47 Å². The van der Waals surface area contributed by atoms with Crippen molar-refractivity contribution in [1.29, 1.82) is 0 Å². The lowest BCUT2D eigenvalue weighted by Gasteiger charge is -2.38. The van der Waals surface area contributed by atoms with Crippen LogP contribution < -0.4 is 0 Å². The Hall–Kier alpha value is -1.71. The van der Waals surface area contributed by atoms with Crippen molar-refractivity contribution in [3.63, 3.8) is 0 Å². The third-order valence-electron chi connectivity index (χ3n) is 3.18. The summed E-state index contributed by atoms with van der Waals surface area (Å²) < 4.78 is 11.2. The summed E-state index contributed by atoms with van der Waals surface area (Å²) in [5, 5.41) is 0. The quantitative estimate of drug-likeness (QED) is 0.738.